The average Bonchev–Trinajstić information content (AvgIpc) is 3.67. The fourth-order valence-corrected chi connectivity index (χ4v) is 6.63. The van der Waals surface area contributed by atoms with E-state index in [1.54, 1.807) is 16.7 Å². The first-order valence-corrected chi connectivity index (χ1v) is 14.2. The number of benzene rings is 2. The fourth-order valence-electron chi connectivity index (χ4n) is 4.59. The number of carbonyl (C=O) groups is 1. The van der Waals surface area contributed by atoms with Crippen LogP contribution in [0, 0.1) is 6.92 Å². The number of thiazole rings is 1. The van der Waals surface area contributed by atoms with E-state index in [1.807, 2.05) is 86.0 Å². The van der Waals surface area contributed by atoms with E-state index < -0.39 is 6.04 Å². The van der Waals surface area contributed by atoms with Crippen LogP contribution < -0.4 is 20.2 Å². The highest BCUT2D eigenvalue weighted by Gasteiger charge is 2.33. The predicted octanol–water partition coefficient (Wildman–Crippen LogP) is 6.16. The molecule has 2 aromatic carbocycles. The number of halogens is 1. The maximum atomic E-state index is 13.8. The van der Waals surface area contributed by atoms with E-state index in [0.717, 1.165) is 21.7 Å². The Balaban J connectivity index is 1.43. The number of nitrogens with zero attached hydrogens (tertiary/aromatic N) is 2. The number of nitrogens with one attached hydrogen (secondary N) is 1. The molecule has 0 saturated carbocycles. The Morgan fingerprint density at radius 3 is 2.69 bits per heavy atom. The summed E-state index contributed by atoms with van der Waals surface area (Å²) >= 11 is 8.91. The van der Waals surface area contributed by atoms with Crippen molar-refractivity contribution in [1.82, 2.24) is 4.57 Å². The molecular formula is C30H22ClN3O3S2. The zero-order chi connectivity index (χ0) is 27.1. The number of para-hydroxylation sites is 1. The van der Waals surface area contributed by atoms with E-state index >= 15 is 0 Å². The van der Waals surface area contributed by atoms with Crippen LogP contribution in [0.2, 0.25) is 5.02 Å². The van der Waals surface area contributed by atoms with Crippen LogP contribution in [0.1, 0.15) is 29.2 Å². The number of furan rings is 1. The van der Waals surface area contributed by atoms with E-state index in [2.05, 4.69) is 5.32 Å². The molecular weight excluding hydrogens is 550 g/mol. The molecule has 1 aliphatic rings. The molecule has 1 aliphatic heterocycles. The molecule has 5 aromatic rings. The molecule has 1 atom stereocenters. The summed E-state index contributed by atoms with van der Waals surface area (Å²) in [4.78, 5) is 33.6. The number of hydrogen-bond donors (Lipinski definition) is 1. The van der Waals surface area contributed by atoms with Crippen molar-refractivity contribution in [3.63, 3.8) is 0 Å². The number of rotatable bonds is 5. The van der Waals surface area contributed by atoms with Crippen molar-refractivity contribution in [3.8, 4) is 11.3 Å². The number of hydrogen-bond acceptors (Lipinski definition) is 6. The highest BCUT2D eigenvalue weighted by molar-refractivity contribution is 7.10. The van der Waals surface area contributed by atoms with E-state index in [1.165, 1.54) is 22.7 Å². The lowest BCUT2D eigenvalue weighted by Crippen LogP contribution is -2.40. The molecule has 6 rings (SSSR count). The average molecular weight is 572 g/mol. The Kier molecular flexibility index (Phi) is 6.68. The highest BCUT2D eigenvalue weighted by Crippen LogP contribution is 2.33. The maximum absolute atomic E-state index is 13.8. The van der Waals surface area contributed by atoms with E-state index in [4.69, 9.17) is 21.0 Å². The molecule has 6 nitrogen and oxygen atoms in total. The van der Waals surface area contributed by atoms with Gasteiger partial charge in [-0.1, -0.05) is 59.3 Å². The van der Waals surface area contributed by atoms with Gasteiger partial charge in [0.2, 0.25) is 0 Å². The monoisotopic (exact) mass is 571 g/mol. The van der Waals surface area contributed by atoms with Gasteiger partial charge in [0.05, 0.1) is 15.8 Å². The Morgan fingerprint density at radius 1 is 1.08 bits per heavy atom. The maximum Gasteiger partial charge on any atom is 0.271 e. The molecule has 3 aromatic heterocycles. The quantitative estimate of drug-likeness (QED) is 0.275. The number of aryl methyl sites for hydroxylation is 1. The van der Waals surface area contributed by atoms with Gasteiger partial charge in [0.1, 0.15) is 17.6 Å². The van der Waals surface area contributed by atoms with Gasteiger partial charge in [0, 0.05) is 27.2 Å². The van der Waals surface area contributed by atoms with Crippen LogP contribution in [0.15, 0.2) is 104 Å². The van der Waals surface area contributed by atoms with Crippen molar-refractivity contribution in [2.24, 2.45) is 4.99 Å². The summed E-state index contributed by atoms with van der Waals surface area (Å²) in [6.07, 6.45) is 1.72. The second kappa shape index (κ2) is 10.3. The summed E-state index contributed by atoms with van der Waals surface area (Å²) in [6.45, 7) is 3.75. The Labute approximate surface area is 236 Å². The van der Waals surface area contributed by atoms with Crippen LogP contribution >= 0.6 is 34.3 Å². The van der Waals surface area contributed by atoms with Crippen molar-refractivity contribution in [2.45, 2.75) is 19.9 Å². The fraction of sp³-hybridized carbons (Fsp3) is 0.100. The lowest BCUT2D eigenvalue weighted by Gasteiger charge is -2.24. The summed E-state index contributed by atoms with van der Waals surface area (Å²) in [5, 5.41) is 5.58. The normalized spacial score (nSPS) is 15.3. The van der Waals surface area contributed by atoms with E-state index in [-0.39, 0.29) is 11.5 Å². The van der Waals surface area contributed by atoms with Crippen LogP contribution in [-0.4, -0.2) is 10.5 Å². The third kappa shape index (κ3) is 4.83. The lowest BCUT2D eigenvalue weighted by atomic mass is 10.0. The minimum Gasteiger partial charge on any atom is -0.457 e. The Bertz CT molecular complexity index is 1930. The molecule has 0 radical (unpaired) electrons. The zero-order valence-electron chi connectivity index (χ0n) is 21.0. The zero-order valence-corrected chi connectivity index (χ0v) is 23.4. The van der Waals surface area contributed by atoms with Gasteiger partial charge in [-0.2, -0.15) is 0 Å². The number of thiophene rings is 1. The summed E-state index contributed by atoms with van der Waals surface area (Å²) in [6, 6.07) is 21.9. The van der Waals surface area contributed by atoms with Crippen molar-refractivity contribution < 1.29 is 9.21 Å². The minimum absolute atomic E-state index is 0.230. The molecule has 4 heterocycles. The largest absolute Gasteiger partial charge is 0.457 e. The molecule has 39 heavy (non-hydrogen) atoms. The van der Waals surface area contributed by atoms with E-state index in [9.17, 15) is 9.59 Å². The van der Waals surface area contributed by atoms with Gasteiger partial charge in [-0.05, 0) is 61.2 Å². The smallest absolute Gasteiger partial charge is 0.271 e. The second-order valence-electron chi connectivity index (χ2n) is 9.08. The van der Waals surface area contributed by atoms with Crippen molar-refractivity contribution in [3.05, 3.63) is 130 Å². The summed E-state index contributed by atoms with van der Waals surface area (Å²) < 4.78 is 8.10. The van der Waals surface area contributed by atoms with Gasteiger partial charge in [0.15, 0.2) is 4.80 Å². The third-order valence-electron chi connectivity index (χ3n) is 6.48. The Morgan fingerprint density at radius 2 is 1.92 bits per heavy atom. The SMILES string of the molecule is CC1=C(C(=O)Nc2ccccc2C)C(c2cccs2)n2c(sc(=Cc3ccc(-c4cccc(Cl)c4)o3)c2=O)=N1. The molecule has 0 spiro atoms. The number of carbonyl (C=O) groups excluding carboxylic acids is 1. The van der Waals surface area contributed by atoms with Gasteiger partial charge in [-0.3, -0.25) is 14.2 Å². The van der Waals surface area contributed by atoms with Gasteiger partial charge < -0.3 is 9.73 Å². The number of anilines is 1. The summed E-state index contributed by atoms with van der Waals surface area (Å²) in [7, 11) is 0. The summed E-state index contributed by atoms with van der Waals surface area (Å²) in [5.74, 6) is 0.908. The molecule has 0 saturated heterocycles. The van der Waals surface area contributed by atoms with Crippen molar-refractivity contribution in [1.29, 1.82) is 0 Å². The molecule has 0 fully saturated rings. The predicted molar refractivity (Wildman–Crippen MR) is 157 cm³/mol. The lowest BCUT2D eigenvalue weighted by molar-refractivity contribution is -0.113. The molecule has 0 bridgehead atoms. The standard InChI is InChI=1S/C30H22ClN3O3S2/c1-17-7-3-4-10-22(17)33-28(35)26-18(2)32-30-34(27(26)24-11-6-14-38-24)29(36)25(39-30)16-21-12-13-23(37-21)19-8-5-9-20(31)15-19/h3-16,27H,1-2H3,(H,33,35). The first-order chi connectivity index (χ1) is 18.9. The molecule has 1 unspecified atom stereocenters. The van der Waals surface area contributed by atoms with Gasteiger partial charge in [-0.15, -0.1) is 11.3 Å². The minimum atomic E-state index is -0.592. The first-order valence-electron chi connectivity index (χ1n) is 12.2. The van der Waals surface area contributed by atoms with Crippen LogP contribution in [0.4, 0.5) is 5.69 Å². The topological polar surface area (TPSA) is 76.6 Å². The van der Waals surface area contributed by atoms with Crippen molar-refractivity contribution in [2.75, 3.05) is 5.32 Å². The molecule has 9 heteroatoms. The Hall–Kier alpha value is -3.98. The number of aromatic nitrogens is 1. The first kappa shape index (κ1) is 25.3. The van der Waals surface area contributed by atoms with Crippen LogP contribution in [0.25, 0.3) is 17.4 Å². The van der Waals surface area contributed by atoms with Gasteiger partial charge >= 0.3 is 0 Å². The van der Waals surface area contributed by atoms with Gasteiger partial charge in [-0.25, -0.2) is 4.99 Å². The van der Waals surface area contributed by atoms with Crippen LogP contribution in [0.3, 0.4) is 0 Å². The number of amides is 1. The molecule has 1 amide bonds. The highest BCUT2D eigenvalue weighted by atomic mass is 35.5. The second-order valence-corrected chi connectivity index (χ2v) is 11.5. The van der Waals surface area contributed by atoms with E-state index in [0.29, 0.717) is 37.1 Å². The van der Waals surface area contributed by atoms with Gasteiger partial charge in [0.25, 0.3) is 11.5 Å². The third-order valence-corrected chi connectivity index (χ3v) is 8.62. The number of fused-ring (bicyclic) bond motifs is 1. The molecule has 1 N–H and O–H groups in total. The summed E-state index contributed by atoms with van der Waals surface area (Å²) in [5.41, 5.74) is 3.31. The number of allylic oxidation sites excluding steroid dienone is 1. The van der Waals surface area contributed by atoms with Crippen LogP contribution in [-0.2, 0) is 4.79 Å². The molecule has 194 valence electrons. The van der Waals surface area contributed by atoms with Crippen LogP contribution in [0.5, 0.6) is 0 Å². The molecule has 0 aliphatic carbocycles. The van der Waals surface area contributed by atoms with Crippen molar-refractivity contribution >= 4 is 51.9 Å².